The monoisotopic (exact) mass is 755 g/mol. The number of hydrogen-bond donors (Lipinski definition) is 1. The number of fused-ring (bicyclic) bond motifs is 1. The number of nitrogens with one attached hydrogen (secondary N) is 1. The van der Waals surface area contributed by atoms with E-state index in [9.17, 15) is 9.59 Å². The van der Waals surface area contributed by atoms with Gasteiger partial charge in [0.15, 0.2) is 0 Å². The third-order valence-corrected chi connectivity index (χ3v) is 12.2. The number of benzene rings is 5. The smallest absolute Gasteiger partial charge is 0.407 e. The third-order valence-electron chi connectivity index (χ3n) is 10.5. The van der Waals surface area contributed by atoms with Crippen molar-refractivity contribution < 1.29 is 19.1 Å². The number of carbonyl (C=O) groups is 2. The molecule has 55 heavy (non-hydrogen) atoms. The molecular formula is C47H53N3O4S. The summed E-state index contributed by atoms with van der Waals surface area (Å²) in [6.45, 7) is 8.78. The molecule has 2 aliphatic rings. The Labute approximate surface area is 330 Å². The van der Waals surface area contributed by atoms with Crippen molar-refractivity contribution in [1.82, 2.24) is 15.1 Å². The van der Waals surface area contributed by atoms with Gasteiger partial charge in [0, 0.05) is 50.1 Å². The molecule has 2 amide bonds. The number of thioether (sulfide) groups is 1. The van der Waals surface area contributed by atoms with Gasteiger partial charge in [-0.25, -0.2) is 4.79 Å². The van der Waals surface area contributed by atoms with E-state index >= 15 is 0 Å². The number of nitrogens with zero attached hydrogens (tertiary/aromatic N) is 2. The average Bonchev–Trinajstić information content (AvgIpc) is 4.03. The highest BCUT2D eigenvalue weighted by atomic mass is 32.2. The molecule has 1 aliphatic heterocycles. The normalized spacial score (nSPS) is 17.1. The molecule has 1 heterocycles. The first-order valence-electron chi connectivity index (χ1n) is 19.6. The van der Waals surface area contributed by atoms with E-state index in [1.165, 1.54) is 16.7 Å². The molecule has 0 unspecified atom stereocenters. The van der Waals surface area contributed by atoms with Crippen LogP contribution in [-0.4, -0.2) is 84.1 Å². The Bertz CT molecular complexity index is 1910. The summed E-state index contributed by atoms with van der Waals surface area (Å²) in [5, 5.41) is 5.34. The average molecular weight is 756 g/mol. The highest BCUT2D eigenvalue weighted by Gasteiger charge is 2.39. The molecule has 2 atom stereocenters. The maximum absolute atomic E-state index is 14.2. The number of rotatable bonds is 14. The van der Waals surface area contributed by atoms with E-state index in [1.54, 1.807) is 0 Å². The predicted molar refractivity (Wildman–Crippen MR) is 224 cm³/mol. The van der Waals surface area contributed by atoms with E-state index in [0.717, 1.165) is 35.6 Å². The van der Waals surface area contributed by atoms with Crippen LogP contribution in [0.2, 0.25) is 0 Å². The summed E-state index contributed by atoms with van der Waals surface area (Å²) < 4.78 is 11.5. The molecule has 7 rings (SSSR count). The zero-order chi connectivity index (χ0) is 38.3. The van der Waals surface area contributed by atoms with Crippen LogP contribution in [0.5, 0.6) is 0 Å². The van der Waals surface area contributed by atoms with Gasteiger partial charge in [0.2, 0.25) is 0 Å². The second-order valence-corrected chi connectivity index (χ2v) is 17.0. The Morgan fingerprint density at radius 3 is 1.95 bits per heavy atom. The van der Waals surface area contributed by atoms with Crippen molar-refractivity contribution in [2.45, 2.75) is 68.6 Å². The molecule has 2 fully saturated rings. The number of ether oxygens (including phenoxy) is 2. The zero-order valence-corrected chi connectivity index (χ0v) is 33.0. The molecule has 1 aliphatic carbocycles. The molecule has 1 saturated carbocycles. The highest BCUT2D eigenvalue weighted by Crippen LogP contribution is 2.48. The molecule has 286 valence electrons. The number of piperazine rings is 1. The van der Waals surface area contributed by atoms with E-state index in [-0.39, 0.29) is 18.0 Å². The molecule has 0 aromatic heterocycles. The van der Waals surface area contributed by atoms with Crippen LogP contribution in [0.4, 0.5) is 4.79 Å². The summed E-state index contributed by atoms with van der Waals surface area (Å²) >= 11 is 1.83. The predicted octanol–water partition coefficient (Wildman–Crippen LogP) is 9.15. The lowest BCUT2D eigenvalue weighted by molar-refractivity contribution is 0.0276. The van der Waals surface area contributed by atoms with Crippen molar-refractivity contribution in [2.24, 2.45) is 0 Å². The van der Waals surface area contributed by atoms with Gasteiger partial charge in [-0.05, 0) is 73.6 Å². The maximum Gasteiger partial charge on any atom is 0.407 e. The van der Waals surface area contributed by atoms with Crippen molar-refractivity contribution in [3.05, 3.63) is 156 Å². The van der Waals surface area contributed by atoms with Gasteiger partial charge >= 0.3 is 6.09 Å². The van der Waals surface area contributed by atoms with Gasteiger partial charge in [-0.3, -0.25) is 9.69 Å². The van der Waals surface area contributed by atoms with Crippen molar-refractivity contribution in [1.29, 1.82) is 0 Å². The Kier molecular flexibility index (Phi) is 12.3. The molecular weight excluding hydrogens is 703 g/mol. The molecule has 0 spiro atoms. The lowest BCUT2D eigenvalue weighted by atomic mass is 9.84. The lowest BCUT2D eigenvalue weighted by Gasteiger charge is -2.43. The first-order valence-corrected chi connectivity index (χ1v) is 20.6. The molecule has 5 aromatic rings. The third kappa shape index (κ3) is 9.61. The second kappa shape index (κ2) is 17.4. The van der Waals surface area contributed by atoms with Gasteiger partial charge in [-0.2, -0.15) is 0 Å². The number of carbonyl (C=O) groups excluding carboxylic acids is 2. The molecule has 0 bridgehead atoms. The minimum Gasteiger partial charge on any atom is -0.444 e. The van der Waals surface area contributed by atoms with Gasteiger partial charge in [-0.1, -0.05) is 127 Å². The molecule has 1 saturated heterocycles. The molecule has 7 nitrogen and oxygen atoms in total. The lowest BCUT2D eigenvalue weighted by Crippen LogP contribution is -2.58. The Morgan fingerprint density at radius 1 is 0.764 bits per heavy atom. The highest BCUT2D eigenvalue weighted by molar-refractivity contribution is 8.00. The van der Waals surface area contributed by atoms with Crippen LogP contribution in [0.3, 0.4) is 0 Å². The molecule has 0 radical (unpaired) electrons. The van der Waals surface area contributed by atoms with Gasteiger partial charge in [0.25, 0.3) is 5.91 Å². The number of amides is 2. The summed E-state index contributed by atoms with van der Waals surface area (Å²) in [5.74, 6) is 0.667. The summed E-state index contributed by atoms with van der Waals surface area (Å²) in [7, 11) is 0. The van der Waals surface area contributed by atoms with Crippen LogP contribution in [0.1, 0.15) is 67.1 Å². The first kappa shape index (κ1) is 38.6. The summed E-state index contributed by atoms with van der Waals surface area (Å²) in [5.41, 5.74) is 3.61. The van der Waals surface area contributed by atoms with E-state index in [2.05, 4.69) is 113 Å². The standard InChI is InChI=1S/C47H53N3O4S/c1-46(2,3)54-45(52)48-39(34-55-47(36-18-7-4-8-19-36,37-20-9-5-10-21-37)38-22-11-6-12-23-38)32-49-29-30-50(33-40(49)28-31-53-41-26-27-41)44(51)43-25-15-17-35-16-13-14-24-42(35)43/h4-25,39-41H,26-34H2,1-3H3,(H,48,52)/t39-,40+/m1/s1. The van der Waals surface area contributed by atoms with Crippen molar-refractivity contribution in [2.75, 3.05) is 38.5 Å². The second-order valence-electron chi connectivity index (χ2n) is 15.7. The van der Waals surface area contributed by atoms with Crippen molar-refractivity contribution in [3.8, 4) is 0 Å². The minimum absolute atomic E-state index is 0.0569. The van der Waals surface area contributed by atoms with E-state index < -0.39 is 16.4 Å². The fraction of sp³-hybridized carbons (Fsp3) is 0.362. The Hall–Kier alpha value is -4.63. The van der Waals surface area contributed by atoms with Crippen molar-refractivity contribution in [3.63, 3.8) is 0 Å². The van der Waals surface area contributed by atoms with Crippen LogP contribution >= 0.6 is 11.8 Å². The van der Waals surface area contributed by atoms with Gasteiger partial charge in [0.1, 0.15) is 5.60 Å². The first-order chi connectivity index (χ1) is 26.7. The summed E-state index contributed by atoms with van der Waals surface area (Å²) in [4.78, 5) is 32.2. The van der Waals surface area contributed by atoms with Crippen LogP contribution < -0.4 is 5.32 Å². The molecule has 8 heteroatoms. The van der Waals surface area contributed by atoms with Crippen LogP contribution in [-0.2, 0) is 14.2 Å². The fourth-order valence-corrected chi connectivity index (χ4v) is 9.22. The van der Waals surface area contributed by atoms with E-state index in [1.807, 2.05) is 67.8 Å². The SMILES string of the molecule is CC(C)(C)OC(=O)N[C@@H](CSC(c1ccccc1)(c1ccccc1)c1ccccc1)CN1CCN(C(=O)c2cccc3ccccc23)C[C@@H]1CCOC1CC1. The zero-order valence-electron chi connectivity index (χ0n) is 32.2. The van der Waals surface area contributed by atoms with Gasteiger partial charge < -0.3 is 19.7 Å². The minimum atomic E-state index is -0.639. The van der Waals surface area contributed by atoms with Crippen LogP contribution in [0.15, 0.2) is 133 Å². The van der Waals surface area contributed by atoms with Gasteiger partial charge in [-0.15, -0.1) is 11.8 Å². The number of hydrogen-bond acceptors (Lipinski definition) is 6. The number of alkyl carbamates (subject to hydrolysis) is 1. The Morgan fingerprint density at radius 2 is 1.35 bits per heavy atom. The van der Waals surface area contributed by atoms with E-state index in [0.29, 0.717) is 44.6 Å². The largest absolute Gasteiger partial charge is 0.444 e. The topological polar surface area (TPSA) is 71.1 Å². The van der Waals surface area contributed by atoms with E-state index in [4.69, 9.17) is 9.47 Å². The quantitative estimate of drug-likeness (QED) is 0.114. The van der Waals surface area contributed by atoms with Gasteiger partial charge in [0.05, 0.1) is 16.9 Å². The molecule has 1 N–H and O–H groups in total. The van der Waals surface area contributed by atoms with Crippen molar-refractivity contribution >= 4 is 34.5 Å². The molecule has 5 aromatic carbocycles. The maximum atomic E-state index is 14.2. The van der Waals surface area contributed by atoms with Crippen LogP contribution in [0, 0.1) is 0 Å². The fourth-order valence-electron chi connectivity index (χ4n) is 7.67. The Balaban J connectivity index is 1.18. The van der Waals surface area contributed by atoms with Crippen LogP contribution in [0.25, 0.3) is 10.8 Å². The summed E-state index contributed by atoms with van der Waals surface area (Å²) in [6.07, 6.45) is 2.95. The summed E-state index contributed by atoms with van der Waals surface area (Å²) in [6, 6.07) is 45.8.